The van der Waals surface area contributed by atoms with Gasteiger partial charge >= 0.3 is 11.9 Å². The van der Waals surface area contributed by atoms with Crippen LogP contribution in [-0.4, -0.2) is 50.9 Å². The molecule has 1 heterocycles. The van der Waals surface area contributed by atoms with Crippen molar-refractivity contribution in [2.75, 3.05) is 0 Å². The molecule has 0 radical (unpaired) electrons. The number of aliphatic hydroxyl groups excluding tert-OH is 1. The zero-order valence-electron chi connectivity index (χ0n) is 22.3. The first-order valence-electron chi connectivity index (χ1n) is 12.6. The molecule has 0 aliphatic carbocycles. The number of rotatable bonds is 12. The van der Waals surface area contributed by atoms with Crippen LogP contribution in [0.3, 0.4) is 0 Å². The molecule has 0 aliphatic heterocycles. The monoisotopic (exact) mass is 557 g/mol. The molecule has 0 saturated carbocycles. The van der Waals surface area contributed by atoms with E-state index in [4.69, 9.17) is 15.2 Å². The zero-order valence-corrected chi connectivity index (χ0v) is 22.3. The fourth-order valence-electron chi connectivity index (χ4n) is 3.84. The molecule has 0 aliphatic rings. The lowest BCUT2D eigenvalue weighted by Crippen LogP contribution is -2.63. The molecule has 3 rings (SSSR count). The third-order valence-corrected chi connectivity index (χ3v) is 6.29. The van der Waals surface area contributed by atoms with Crippen molar-refractivity contribution in [2.45, 2.75) is 57.2 Å². The molecule has 2 aromatic carbocycles. The molecule has 5 N–H and O–H groups in total. The minimum atomic E-state index is -4.01. The van der Waals surface area contributed by atoms with Gasteiger partial charge in [-0.15, -0.1) is 0 Å². The summed E-state index contributed by atoms with van der Waals surface area (Å²) in [4.78, 5) is 29.5. The second kappa shape index (κ2) is 13.1. The smallest absolute Gasteiger partial charge is 0.354 e. The number of aromatic nitrogens is 1. The number of nitrogens with zero attached hydrogens (tertiary/aromatic N) is 1. The largest absolute Gasteiger partial charge is 0.458 e. The maximum absolute atomic E-state index is 15.8. The van der Waals surface area contributed by atoms with Gasteiger partial charge in [0.25, 0.3) is 5.92 Å². The topological polar surface area (TPSA) is 144 Å². The average Bonchev–Trinajstić information content (AvgIpc) is 2.94. The highest BCUT2D eigenvalue weighted by atomic mass is 19.3. The molecule has 0 fully saturated rings. The van der Waals surface area contributed by atoms with Crippen LogP contribution in [0.5, 0.6) is 5.75 Å². The van der Waals surface area contributed by atoms with Crippen molar-refractivity contribution >= 4 is 11.9 Å². The van der Waals surface area contributed by atoms with Crippen molar-refractivity contribution in [3.05, 3.63) is 95.8 Å². The predicted molar refractivity (Wildman–Crippen MR) is 142 cm³/mol. The van der Waals surface area contributed by atoms with Gasteiger partial charge in [-0.2, -0.15) is 0 Å². The number of carbonyl (C=O) groups excluding carboxylic acids is 2. The summed E-state index contributed by atoms with van der Waals surface area (Å²) in [6.07, 6.45) is 0.607. The maximum Gasteiger partial charge on any atom is 0.354 e. The number of carbonyl (C=O) groups is 2. The van der Waals surface area contributed by atoms with Crippen LogP contribution < -0.4 is 15.8 Å². The van der Waals surface area contributed by atoms with Crippen LogP contribution in [0.15, 0.2) is 79.1 Å². The van der Waals surface area contributed by atoms with E-state index in [9.17, 15) is 19.8 Å². The Morgan fingerprint density at radius 2 is 1.75 bits per heavy atom. The standard InChI is InChI=1S/C29H33F2N3O6/c1-18(2)29(38,27(37)39-17-20-9-8-14-33-16-20)34-24(28(30,31)25(35)19(3)32)22-12-7-13-23(15-22)40-26(36)21-10-5-4-6-11-21/h4-16,18-19,24-25,34-35,38H,17,32H2,1-3H3/t19?,24?,25?,29-/m0/s1. The quantitative estimate of drug-likeness (QED) is 0.150. The Bertz CT molecular complexity index is 1280. The fraction of sp³-hybridized carbons (Fsp3) is 0.345. The van der Waals surface area contributed by atoms with Crippen molar-refractivity contribution in [3.8, 4) is 5.75 Å². The van der Waals surface area contributed by atoms with Crippen LogP contribution in [0.1, 0.15) is 48.3 Å². The third kappa shape index (κ3) is 7.24. The van der Waals surface area contributed by atoms with Crippen molar-refractivity contribution in [1.29, 1.82) is 0 Å². The van der Waals surface area contributed by atoms with E-state index in [1.807, 2.05) is 0 Å². The second-order valence-electron chi connectivity index (χ2n) is 9.74. The highest BCUT2D eigenvalue weighted by Crippen LogP contribution is 2.39. The first-order chi connectivity index (χ1) is 18.9. The predicted octanol–water partition coefficient (Wildman–Crippen LogP) is 3.36. The van der Waals surface area contributed by atoms with Gasteiger partial charge < -0.3 is 25.4 Å². The van der Waals surface area contributed by atoms with Crippen LogP contribution in [-0.2, 0) is 16.1 Å². The maximum atomic E-state index is 15.8. The Balaban J connectivity index is 1.96. The minimum absolute atomic E-state index is 0.0727. The normalized spacial score (nSPS) is 15.5. The van der Waals surface area contributed by atoms with Gasteiger partial charge in [0.2, 0.25) is 5.72 Å². The van der Waals surface area contributed by atoms with Gasteiger partial charge in [0.05, 0.1) is 5.56 Å². The summed E-state index contributed by atoms with van der Waals surface area (Å²) in [7, 11) is 0. The number of ether oxygens (including phenoxy) is 2. The highest BCUT2D eigenvalue weighted by molar-refractivity contribution is 5.91. The molecule has 0 bridgehead atoms. The van der Waals surface area contributed by atoms with Gasteiger partial charge in [-0.3, -0.25) is 10.3 Å². The molecule has 40 heavy (non-hydrogen) atoms. The van der Waals surface area contributed by atoms with Crippen LogP contribution in [0.4, 0.5) is 8.78 Å². The lowest BCUT2D eigenvalue weighted by molar-refractivity contribution is -0.191. The Labute approximate surface area is 231 Å². The van der Waals surface area contributed by atoms with Gasteiger partial charge in [0.15, 0.2) is 0 Å². The summed E-state index contributed by atoms with van der Waals surface area (Å²) in [5, 5.41) is 24.1. The molecule has 214 valence electrons. The van der Waals surface area contributed by atoms with Gasteiger partial charge in [0, 0.05) is 29.9 Å². The molecule has 0 spiro atoms. The summed E-state index contributed by atoms with van der Waals surface area (Å²) < 4.78 is 42.2. The van der Waals surface area contributed by atoms with Crippen molar-refractivity contribution < 1.29 is 38.1 Å². The molecule has 0 amide bonds. The van der Waals surface area contributed by atoms with Gasteiger partial charge in [-0.25, -0.2) is 18.4 Å². The first-order valence-corrected chi connectivity index (χ1v) is 12.6. The number of pyridine rings is 1. The number of nitrogens with two attached hydrogens (primary N) is 1. The van der Waals surface area contributed by atoms with Crippen molar-refractivity contribution in [2.24, 2.45) is 11.7 Å². The number of hydrogen-bond donors (Lipinski definition) is 4. The van der Waals surface area contributed by atoms with E-state index in [0.29, 0.717) is 5.56 Å². The Hall–Kier alpha value is -3.77. The number of halogens is 2. The third-order valence-electron chi connectivity index (χ3n) is 6.29. The van der Waals surface area contributed by atoms with Gasteiger partial charge in [-0.05, 0) is 42.8 Å². The van der Waals surface area contributed by atoms with Gasteiger partial charge in [0.1, 0.15) is 24.5 Å². The SMILES string of the molecule is CC(N)C(O)C(F)(F)C(N[C@@](O)(C(=O)OCc1cccnc1)C(C)C)c1cccc(OC(=O)c2ccccc2)c1. The zero-order chi connectivity index (χ0) is 29.5. The van der Waals surface area contributed by atoms with Crippen LogP contribution in [0, 0.1) is 5.92 Å². The summed E-state index contributed by atoms with van der Waals surface area (Å²) in [6, 6.07) is 13.0. The molecule has 11 heteroatoms. The lowest BCUT2D eigenvalue weighted by atomic mass is 9.90. The summed E-state index contributed by atoms with van der Waals surface area (Å²) in [5.41, 5.74) is 3.55. The van der Waals surface area contributed by atoms with E-state index in [0.717, 1.165) is 6.07 Å². The van der Waals surface area contributed by atoms with E-state index in [1.54, 1.807) is 30.3 Å². The number of esters is 2. The van der Waals surface area contributed by atoms with Crippen molar-refractivity contribution in [1.82, 2.24) is 10.3 Å². The van der Waals surface area contributed by atoms with E-state index < -0.39 is 47.7 Å². The van der Waals surface area contributed by atoms with E-state index in [-0.39, 0.29) is 23.5 Å². The van der Waals surface area contributed by atoms with Crippen molar-refractivity contribution in [3.63, 3.8) is 0 Å². The van der Waals surface area contributed by atoms with Gasteiger partial charge in [-0.1, -0.05) is 50.2 Å². The Morgan fingerprint density at radius 3 is 2.35 bits per heavy atom. The van der Waals surface area contributed by atoms with Crippen LogP contribution >= 0.6 is 0 Å². The molecular formula is C29H33F2N3O6. The number of benzene rings is 2. The molecule has 1 aromatic heterocycles. The summed E-state index contributed by atoms with van der Waals surface area (Å²) >= 11 is 0. The Kier molecular flexibility index (Phi) is 10.0. The molecule has 3 unspecified atom stereocenters. The second-order valence-corrected chi connectivity index (χ2v) is 9.74. The molecule has 0 saturated heterocycles. The molecular weight excluding hydrogens is 524 g/mol. The summed E-state index contributed by atoms with van der Waals surface area (Å²) in [5.74, 6) is -6.98. The lowest BCUT2D eigenvalue weighted by Gasteiger charge is -2.40. The van der Waals surface area contributed by atoms with Crippen LogP contribution in [0.25, 0.3) is 0 Å². The fourth-order valence-corrected chi connectivity index (χ4v) is 3.84. The summed E-state index contributed by atoms with van der Waals surface area (Å²) in [6.45, 7) is 3.81. The molecule has 4 atom stereocenters. The van der Waals surface area contributed by atoms with E-state index in [2.05, 4.69) is 10.3 Å². The highest BCUT2D eigenvalue weighted by Gasteiger charge is 2.54. The number of alkyl halides is 2. The first kappa shape index (κ1) is 30.8. The van der Waals surface area contributed by atoms with Crippen LogP contribution in [0.2, 0.25) is 0 Å². The average molecular weight is 558 g/mol. The Morgan fingerprint density at radius 1 is 1.05 bits per heavy atom. The van der Waals surface area contributed by atoms with E-state index in [1.165, 1.54) is 63.5 Å². The molecule has 9 nitrogen and oxygen atoms in total. The number of aliphatic hydroxyl groups is 2. The minimum Gasteiger partial charge on any atom is -0.458 e. The number of nitrogens with one attached hydrogen (secondary N) is 1. The molecule has 3 aromatic rings. The van der Waals surface area contributed by atoms with E-state index >= 15 is 8.78 Å². The number of hydrogen-bond acceptors (Lipinski definition) is 9.